The predicted molar refractivity (Wildman–Crippen MR) is 63.8 cm³/mol. The maximum Gasteiger partial charge on any atom is 0.396 e. The number of rotatable bonds is 2. The number of hydrogen-bond donors (Lipinski definition) is 1. The molecule has 20 heavy (non-hydrogen) atoms. The van der Waals surface area contributed by atoms with E-state index in [1.165, 1.54) is 0 Å². The highest BCUT2D eigenvalue weighted by molar-refractivity contribution is 5.56. The highest BCUT2D eigenvalue weighted by Gasteiger charge is 2.44. The van der Waals surface area contributed by atoms with Crippen LogP contribution >= 0.6 is 0 Å². The van der Waals surface area contributed by atoms with Gasteiger partial charge in [0.25, 0.3) is 0 Å². The molecule has 108 valence electrons. The van der Waals surface area contributed by atoms with Crippen LogP contribution in [-0.2, 0) is 0 Å². The summed E-state index contributed by atoms with van der Waals surface area (Å²) in [5.74, 6) is -2.84. The van der Waals surface area contributed by atoms with E-state index in [1.54, 1.807) is 0 Å². The molecule has 0 amide bonds. The first-order chi connectivity index (χ1) is 9.30. The Bertz CT molecular complexity index is 672. The Balaban J connectivity index is 2.31. The van der Waals surface area contributed by atoms with E-state index in [0.29, 0.717) is 12.8 Å². The van der Waals surface area contributed by atoms with Gasteiger partial charge in [0, 0.05) is 5.56 Å². The molecule has 1 aliphatic rings. The van der Waals surface area contributed by atoms with Gasteiger partial charge in [-0.25, -0.2) is 13.9 Å². The van der Waals surface area contributed by atoms with Gasteiger partial charge in [0.2, 0.25) is 5.95 Å². The Morgan fingerprint density at radius 1 is 1.40 bits per heavy atom. The van der Waals surface area contributed by atoms with Crippen LogP contribution in [0.5, 0.6) is 0 Å². The van der Waals surface area contributed by atoms with Crippen LogP contribution in [0, 0.1) is 5.82 Å². The van der Waals surface area contributed by atoms with Crippen molar-refractivity contribution >= 4 is 11.5 Å². The minimum Gasteiger partial charge on any atom is -0.367 e. The molecule has 1 saturated carbocycles. The summed E-state index contributed by atoms with van der Waals surface area (Å²) in [4.78, 5) is 3.65. The van der Waals surface area contributed by atoms with Gasteiger partial charge in [0.05, 0.1) is 17.8 Å². The number of nitrogens with zero attached hydrogens (tertiary/aromatic N) is 3. The third-order valence-electron chi connectivity index (χ3n) is 3.60. The fraction of sp³-hybridized carbons (Fsp3) is 0.500. The van der Waals surface area contributed by atoms with Gasteiger partial charge in [-0.2, -0.15) is 13.2 Å². The van der Waals surface area contributed by atoms with Crippen LogP contribution in [0.4, 0.5) is 23.5 Å². The SMILES string of the molecule is CC(c1c(C2CC2)c(F)c2cnc(N)nn12)C(F)(F)F. The van der Waals surface area contributed by atoms with E-state index in [1.807, 2.05) is 0 Å². The number of nitrogen functional groups attached to an aromatic ring is 1. The summed E-state index contributed by atoms with van der Waals surface area (Å²) in [6.45, 7) is 1.01. The summed E-state index contributed by atoms with van der Waals surface area (Å²) in [5.41, 5.74) is 5.28. The lowest BCUT2D eigenvalue weighted by molar-refractivity contribution is -0.147. The average Bonchev–Trinajstić information content (AvgIpc) is 3.13. The van der Waals surface area contributed by atoms with Gasteiger partial charge < -0.3 is 5.73 Å². The third-order valence-corrected chi connectivity index (χ3v) is 3.60. The number of alkyl halides is 3. The zero-order chi connectivity index (χ0) is 14.7. The molecule has 1 unspecified atom stereocenters. The molecular weight excluding hydrogens is 276 g/mol. The van der Waals surface area contributed by atoms with Crippen molar-refractivity contribution in [3.8, 4) is 0 Å². The van der Waals surface area contributed by atoms with Crippen molar-refractivity contribution in [1.29, 1.82) is 0 Å². The highest BCUT2D eigenvalue weighted by atomic mass is 19.4. The molecule has 0 bridgehead atoms. The molecule has 2 heterocycles. The van der Waals surface area contributed by atoms with Gasteiger partial charge in [-0.15, -0.1) is 5.10 Å². The van der Waals surface area contributed by atoms with E-state index in [-0.39, 0.29) is 28.6 Å². The second-order valence-corrected chi connectivity index (χ2v) is 5.06. The summed E-state index contributed by atoms with van der Waals surface area (Å²) >= 11 is 0. The van der Waals surface area contributed by atoms with Gasteiger partial charge in [-0.05, 0) is 25.7 Å². The monoisotopic (exact) mass is 288 g/mol. The molecule has 0 aromatic carbocycles. The van der Waals surface area contributed by atoms with Gasteiger partial charge >= 0.3 is 6.18 Å². The van der Waals surface area contributed by atoms with Gasteiger partial charge in [-0.3, -0.25) is 0 Å². The van der Waals surface area contributed by atoms with E-state index in [4.69, 9.17) is 5.73 Å². The van der Waals surface area contributed by atoms with Crippen molar-refractivity contribution in [2.24, 2.45) is 0 Å². The fourth-order valence-electron chi connectivity index (χ4n) is 2.39. The molecule has 0 saturated heterocycles. The molecule has 1 aliphatic carbocycles. The largest absolute Gasteiger partial charge is 0.396 e. The summed E-state index contributed by atoms with van der Waals surface area (Å²) in [6, 6.07) is 0. The van der Waals surface area contributed by atoms with Crippen molar-refractivity contribution in [3.05, 3.63) is 23.3 Å². The van der Waals surface area contributed by atoms with Crippen LogP contribution in [0.25, 0.3) is 5.52 Å². The molecule has 3 rings (SSSR count). The van der Waals surface area contributed by atoms with Gasteiger partial charge in [-0.1, -0.05) is 0 Å². The Morgan fingerprint density at radius 3 is 2.60 bits per heavy atom. The molecule has 0 aliphatic heterocycles. The van der Waals surface area contributed by atoms with E-state index in [2.05, 4.69) is 10.1 Å². The molecular formula is C12H12F4N4. The molecule has 2 aromatic heterocycles. The first-order valence-electron chi connectivity index (χ1n) is 6.20. The summed E-state index contributed by atoms with van der Waals surface area (Å²) in [6.07, 6.45) is -1.97. The number of aromatic nitrogens is 3. The molecule has 8 heteroatoms. The van der Waals surface area contributed by atoms with Crippen LogP contribution in [-0.4, -0.2) is 20.8 Å². The van der Waals surface area contributed by atoms with E-state index >= 15 is 0 Å². The second kappa shape index (κ2) is 4.07. The standard InChI is InChI=1S/C12H12F4N4/c1-5(12(14,15)16)10-8(6-2-3-6)9(13)7-4-18-11(17)19-20(7)10/h4-6H,2-3H2,1H3,(H2,17,19). The number of halogens is 4. The smallest absolute Gasteiger partial charge is 0.367 e. The second-order valence-electron chi connectivity index (χ2n) is 5.06. The van der Waals surface area contributed by atoms with Gasteiger partial charge in [0.15, 0.2) is 5.82 Å². The Hall–Kier alpha value is -1.86. The first-order valence-corrected chi connectivity index (χ1v) is 6.20. The van der Waals surface area contributed by atoms with Crippen LogP contribution in [0.15, 0.2) is 6.20 Å². The Kier molecular flexibility index (Phi) is 2.67. The molecule has 1 fully saturated rings. The van der Waals surface area contributed by atoms with Crippen molar-refractivity contribution < 1.29 is 17.6 Å². The van der Waals surface area contributed by atoms with Crippen molar-refractivity contribution in [2.45, 2.75) is 37.8 Å². The molecule has 2 N–H and O–H groups in total. The minimum atomic E-state index is -4.47. The van der Waals surface area contributed by atoms with Crippen molar-refractivity contribution in [3.63, 3.8) is 0 Å². The summed E-state index contributed by atoms with van der Waals surface area (Å²) in [5, 5.41) is 3.75. The number of nitrogens with two attached hydrogens (primary N) is 1. The number of fused-ring (bicyclic) bond motifs is 1. The zero-order valence-corrected chi connectivity index (χ0v) is 10.6. The van der Waals surface area contributed by atoms with Crippen LogP contribution in [0.2, 0.25) is 0 Å². The predicted octanol–water partition coefficient (Wildman–Crippen LogP) is 2.99. The van der Waals surface area contributed by atoms with Crippen LogP contribution in [0.1, 0.15) is 42.9 Å². The maximum atomic E-state index is 14.4. The molecule has 0 spiro atoms. The fourth-order valence-corrected chi connectivity index (χ4v) is 2.39. The summed E-state index contributed by atoms with van der Waals surface area (Å²) in [7, 11) is 0. The van der Waals surface area contributed by atoms with E-state index in [9.17, 15) is 17.6 Å². The van der Waals surface area contributed by atoms with E-state index in [0.717, 1.165) is 17.6 Å². The lowest BCUT2D eigenvalue weighted by Gasteiger charge is -2.17. The van der Waals surface area contributed by atoms with E-state index < -0.39 is 17.9 Å². The maximum absolute atomic E-state index is 14.4. The number of hydrogen-bond acceptors (Lipinski definition) is 3. The highest BCUT2D eigenvalue weighted by Crippen LogP contribution is 2.48. The quantitative estimate of drug-likeness (QED) is 0.864. The normalized spacial score (nSPS) is 17.6. The average molecular weight is 288 g/mol. The lowest BCUT2D eigenvalue weighted by Crippen LogP contribution is -2.21. The molecule has 1 atom stereocenters. The van der Waals surface area contributed by atoms with Crippen LogP contribution < -0.4 is 5.73 Å². The Labute approximate surface area is 111 Å². The molecule has 2 aromatic rings. The summed E-state index contributed by atoms with van der Waals surface area (Å²) < 4.78 is 54.4. The van der Waals surface area contributed by atoms with Crippen LogP contribution in [0.3, 0.4) is 0 Å². The Morgan fingerprint density at radius 2 is 2.05 bits per heavy atom. The van der Waals surface area contributed by atoms with Crippen molar-refractivity contribution in [1.82, 2.24) is 14.6 Å². The number of anilines is 1. The molecule has 0 radical (unpaired) electrons. The molecule has 4 nitrogen and oxygen atoms in total. The zero-order valence-electron chi connectivity index (χ0n) is 10.6. The lowest BCUT2D eigenvalue weighted by atomic mass is 10.0. The first kappa shape index (κ1) is 13.1. The minimum absolute atomic E-state index is 0.0628. The topological polar surface area (TPSA) is 56.2 Å². The third kappa shape index (κ3) is 1.90. The van der Waals surface area contributed by atoms with Crippen molar-refractivity contribution in [2.75, 3.05) is 5.73 Å². The van der Waals surface area contributed by atoms with Gasteiger partial charge in [0.1, 0.15) is 5.52 Å².